The fourth-order valence-corrected chi connectivity index (χ4v) is 5.73. The van der Waals surface area contributed by atoms with Gasteiger partial charge in [0.2, 0.25) is 5.91 Å². The molecular weight excluding hydrogens is 448 g/mol. The molecule has 0 bridgehead atoms. The molecule has 1 N–H and O–H groups in total. The van der Waals surface area contributed by atoms with E-state index in [0.29, 0.717) is 50.0 Å². The average molecular weight is 479 g/mol. The monoisotopic (exact) mass is 478 g/mol. The highest BCUT2D eigenvalue weighted by molar-refractivity contribution is 7.86. The van der Waals surface area contributed by atoms with E-state index in [1.54, 1.807) is 6.07 Å². The highest BCUT2D eigenvalue weighted by Crippen LogP contribution is 2.27. The first-order valence-corrected chi connectivity index (χ1v) is 12.7. The minimum absolute atomic E-state index is 0.170. The summed E-state index contributed by atoms with van der Waals surface area (Å²) in [5, 5.41) is 3.57. The van der Waals surface area contributed by atoms with E-state index in [2.05, 4.69) is 5.32 Å². The van der Waals surface area contributed by atoms with Crippen molar-refractivity contribution in [2.24, 2.45) is 0 Å². The second kappa shape index (κ2) is 10.8. The number of benzene rings is 2. The Kier molecular flexibility index (Phi) is 8.30. The van der Waals surface area contributed by atoms with Gasteiger partial charge in [0.15, 0.2) is 0 Å². The molecular formula is C23H31ClN4O3S. The zero-order valence-corrected chi connectivity index (χ0v) is 20.4. The Balaban J connectivity index is 1.79. The fourth-order valence-electron chi connectivity index (χ4n) is 3.95. The van der Waals surface area contributed by atoms with E-state index in [4.69, 9.17) is 11.6 Å². The highest BCUT2D eigenvalue weighted by Gasteiger charge is 2.35. The molecule has 0 aromatic heterocycles. The third-order valence-corrected chi connectivity index (χ3v) is 8.39. The smallest absolute Gasteiger partial charge is 0.282 e. The fraction of sp³-hybridized carbons (Fsp3) is 0.435. The molecule has 2 aromatic rings. The average Bonchev–Trinajstić information content (AvgIpc) is 2.78. The maximum absolute atomic E-state index is 13.4. The van der Waals surface area contributed by atoms with E-state index in [9.17, 15) is 13.2 Å². The number of carbonyl (C=O) groups is 1. The van der Waals surface area contributed by atoms with Crippen LogP contribution < -0.4 is 5.32 Å². The number of nitrogens with zero attached hydrogens (tertiary/aromatic N) is 3. The number of rotatable bonds is 8. The summed E-state index contributed by atoms with van der Waals surface area (Å²) in [4.78, 5) is 15.4. The van der Waals surface area contributed by atoms with Crippen molar-refractivity contribution in [1.29, 1.82) is 0 Å². The zero-order chi connectivity index (χ0) is 23.3. The lowest BCUT2D eigenvalue weighted by molar-refractivity contribution is -0.122. The summed E-state index contributed by atoms with van der Waals surface area (Å²) < 4.78 is 28.7. The van der Waals surface area contributed by atoms with Gasteiger partial charge in [0.05, 0.1) is 0 Å². The Morgan fingerprint density at radius 1 is 1.06 bits per heavy atom. The molecule has 1 aliphatic rings. The largest absolute Gasteiger partial charge is 0.324 e. The van der Waals surface area contributed by atoms with Crippen LogP contribution in [-0.2, 0) is 15.0 Å². The van der Waals surface area contributed by atoms with Crippen molar-refractivity contribution in [3.63, 3.8) is 0 Å². The Morgan fingerprint density at radius 2 is 1.69 bits per heavy atom. The molecule has 9 heteroatoms. The molecule has 1 atom stereocenters. The van der Waals surface area contributed by atoms with Crippen LogP contribution in [0.4, 0.5) is 5.69 Å². The maximum Gasteiger partial charge on any atom is 0.282 e. The van der Waals surface area contributed by atoms with Gasteiger partial charge in [-0.2, -0.15) is 17.0 Å². The predicted molar refractivity (Wildman–Crippen MR) is 129 cm³/mol. The number of amides is 1. The van der Waals surface area contributed by atoms with E-state index in [0.717, 1.165) is 11.1 Å². The number of piperazine rings is 1. The zero-order valence-electron chi connectivity index (χ0n) is 18.8. The molecule has 1 amide bonds. The van der Waals surface area contributed by atoms with Crippen LogP contribution in [-0.4, -0.2) is 67.1 Å². The molecule has 0 saturated carbocycles. The van der Waals surface area contributed by atoms with Crippen molar-refractivity contribution in [2.75, 3.05) is 44.6 Å². The van der Waals surface area contributed by atoms with E-state index >= 15 is 0 Å². The van der Waals surface area contributed by atoms with Crippen LogP contribution in [0.3, 0.4) is 0 Å². The molecule has 0 aliphatic carbocycles. The minimum Gasteiger partial charge on any atom is -0.324 e. The molecule has 1 aliphatic heterocycles. The van der Waals surface area contributed by atoms with Gasteiger partial charge in [0.25, 0.3) is 10.2 Å². The summed E-state index contributed by atoms with van der Waals surface area (Å²) in [5.41, 5.74) is 2.44. The third-order valence-electron chi connectivity index (χ3n) is 5.80. The SMILES string of the molecule is CCN(CC)S(=O)(=O)N1CCN(C(C(=O)Nc2ccc(C)c(Cl)c2)c2ccccc2)CC1. The normalized spacial score (nSPS) is 16.8. The maximum atomic E-state index is 13.4. The summed E-state index contributed by atoms with van der Waals surface area (Å²) in [7, 11) is -3.49. The molecule has 0 radical (unpaired) electrons. The van der Waals surface area contributed by atoms with Crippen molar-refractivity contribution in [1.82, 2.24) is 13.5 Å². The van der Waals surface area contributed by atoms with Crippen LogP contribution in [0.25, 0.3) is 0 Å². The van der Waals surface area contributed by atoms with Crippen LogP contribution in [0, 0.1) is 6.92 Å². The van der Waals surface area contributed by atoms with Gasteiger partial charge in [0, 0.05) is 50.0 Å². The molecule has 1 fully saturated rings. The Labute approximate surface area is 196 Å². The van der Waals surface area contributed by atoms with Gasteiger partial charge in [0.1, 0.15) is 6.04 Å². The Bertz CT molecular complexity index is 1020. The standard InChI is InChI=1S/C23H31ClN4O3S/c1-4-27(5-2)32(30,31)28-15-13-26(14-16-28)22(19-9-7-6-8-10-19)23(29)25-20-12-11-18(3)21(24)17-20/h6-12,17,22H,4-5,13-16H2,1-3H3,(H,25,29). The quantitative estimate of drug-likeness (QED) is 0.630. The van der Waals surface area contributed by atoms with Crippen molar-refractivity contribution >= 4 is 33.4 Å². The number of aryl methyl sites for hydroxylation is 1. The van der Waals surface area contributed by atoms with Crippen LogP contribution in [0.5, 0.6) is 0 Å². The van der Waals surface area contributed by atoms with Crippen LogP contribution in [0.15, 0.2) is 48.5 Å². The molecule has 7 nitrogen and oxygen atoms in total. The van der Waals surface area contributed by atoms with Gasteiger partial charge < -0.3 is 5.32 Å². The topological polar surface area (TPSA) is 73.0 Å². The summed E-state index contributed by atoms with van der Waals surface area (Å²) in [6, 6.07) is 14.5. The van der Waals surface area contributed by atoms with Gasteiger partial charge in [-0.1, -0.05) is 61.8 Å². The Morgan fingerprint density at radius 3 is 2.25 bits per heavy atom. The highest BCUT2D eigenvalue weighted by atomic mass is 35.5. The van der Waals surface area contributed by atoms with Crippen LogP contribution >= 0.6 is 11.6 Å². The summed E-state index contributed by atoms with van der Waals surface area (Å²) in [5.74, 6) is -0.170. The lowest BCUT2D eigenvalue weighted by Crippen LogP contribution is -2.54. The van der Waals surface area contributed by atoms with Crippen molar-refractivity contribution < 1.29 is 13.2 Å². The molecule has 32 heavy (non-hydrogen) atoms. The first-order chi connectivity index (χ1) is 15.3. The third kappa shape index (κ3) is 5.50. The van der Waals surface area contributed by atoms with Gasteiger partial charge in [-0.3, -0.25) is 9.69 Å². The number of halogens is 1. The molecule has 1 heterocycles. The molecule has 1 saturated heterocycles. The molecule has 0 spiro atoms. The Hall–Kier alpha value is -1.97. The summed E-state index contributed by atoms with van der Waals surface area (Å²) in [6.45, 7) is 8.06. The van der Waals surface area contributed by atoms with Crippen LogP contribution in [0.1, 0.15) is 31.0 Å². The second-order valence-corrected chi connectivity index (χ2v) is 10.1. The van der Waals surface area contributed by atoms with E-state index in [1.165, 1.54) is 8.61 Å². The molecule has 2 aromatic carbocycles. The van der Waals surface area contributed by atoms with E-state index < -0.39 is 16.3 Å². The number of nitrogens with one attached hydrogen (secondary N) is 1. The molecule has 1 unspecified atom stereocenters. The number of hydrogen-bond acceptors (Lipinski definition) is 4. The molecule has 174 valence electrons. The van der Waals surface area contributed by atoms with Crippen molar-refractivity contribution in [3.05, 3.63) is 64.7 Å². The first-order valence-electron chi connectivity index (χ1n) is 10.9. The number of anilines is 1. The summed E-state index contributed by atoms with van der Waals surface area (Å²) >= 11 is 6.22. The predicted octanol–water partition coefficient (Wildman–Crippen LogP) is 3.53. The van der Waals surface area contributed by atoms with Gasteiger partial charge in [-0.05, 0) is 30.2 Å². The van der Waals surface area contributed by atoms with E-state index in [-0.39, 0.29) is 5.91 Å². The second-order valence-electron chi connectivity index (χ2n) is 7.79. The van der Waals surface area contributed by atoms with Gasteiger partial charge >= 0.3 is 0 Å². The lowest BCUT2D eigenvalue weighted by atomic mass is 10.0. The minimum atomic E-state index is -3.49. The van der Waals surface area contributed by atoms with Crippen molar-refractivity contribution in [2.45, 2.75) is 26.8 Å². The lowest BCUT2D eigenvalue weighted by Gasteiger charge is -2.39. The van der Waals surface area contributed by atoms with Gasteiger partial charge in [-0.15, -0.1) is 0 Å². The summed E-state index contributed by atoms with van der Waals surface area (Å²) in [6.07, 6.45) is 0. The number of carbonyl (C=O) groups excluding carboxylic acids is 1. The molecule has 3 rings (SSSR count). The van der Waals surface area contributed by atoms with E-state index in [1.807, 2.05) is 68.1 Å². The number of hydrogen-bond donors (Lipinski definition) is 1. The van der Waals surface area contributed by atoms with Gasteiger partial charge in [-0.25, -0.2) is 0 Å². The first kappa shape index (κ1) is 24.7. The van der Waals surface area contributed by atoms with Crippen LogP contribution in [0.2, 0.25) is 5.02 Å². The van der Waals surface area contributed by atoms with Crippen molar-refractivity contribution in [3.8, 4) is 0 Å².